The maximum absolute atomic E-state index is 11.8. The fourth-order valence-corrected chi connectivity index (χ4v) is 2.13. The molecular weight excluding hydrogens is 202 g/mol. The normalized spacial score (nSPS) is 15.4. The summed E-state index contributed by atoms with van der Waals surface area (Å²) in [6, 6.07) is 8.35. The lowest BCUT2D eigenvalue weighted by atomic mass is 10.0. The van der Waals surface area contributed by atoms with Crippen LogP contribution in [0.1, 0.15) is 17.5 Å². The van der Waals surface area contributed by atoms with Crippen LogP contribution in [0.2, 0.25) is 0 Å². The van der Waals surface area contributed by atoms with Crippen LogP contribution in [0.4, 0.5) is 0 Å². The number of rotatable bonds is 2. The van der Waals surface area contributed by atoms with Crippen molar-refractivity contribution in [3.63, 3.8) is 0 Å². The molecule has 0 aliphatic carbocycles. The predicted molar refractivity (Wildman–Crippen MR) is 62.1 cm³/mol. The number of carbonyl (C=O) groups is 1. The average molecular weight is 219 g/mol. The Bertz CT molecular complexity index is 376. The second kappa shape index (κ2) is 5.12. The Labute approximate surface area is 96.0 Å². The quantitative estimate of drug-likeness (QED) is 0.756. The van der Waals surface area contributed by atoms with Crippen molar-refractivity contribution in [2.45, 2.75) is 19.4 Å². The SMILES string of the molecule is COCC(=O)N1CCCc2ccccc2C1. The van der Waals surface area contributed by atoms with Gasteiger partial charge in [0.25, 0.3) is 0 Å². The van der Waals surface area contributed by atoms with Crippen molar-refractivity contribution < 1.29 is 9.53 Å². The number of aryl methyl sites for hydroxylation is 1. The van der Waals surface area contributed by atoms with Gasteiger partial charge in [-0.25, -0.2) is 0 Å². The second-order valence-electron chi connectivity index (χ2n) is 4.12. The average Bonchev–Trinajstić information content (AvgIpc) is 2.51. The van der Waals surface area contributed by atoms with Gasteiger partial charge in [-0.15, -0.1) is 0 Å². The Hall–Kier alpha value is -1.35. The maximum Gasteiger partial charge on any atom is 0.248 e. The van der Waals surface area contributed by atoms with E-state index in [-0.39, 0.29) is 12.5 Å². The largest absolute Gasteiger partial charge is 0.375 e. The zero-order valence-electron chi connectivity index (χ0n) is 9.61. The van der Waals surface area contributed by atoms with Crippen LogP contribution in [0.3, 0.4) is 0 Å². The lowest BCUT2D eigenvalue weighted by molar-refractivity contribution is -0.135. The van der Waals surface area contributed by atoms with Crippen LogP contribution in [-0.4, -0.2) is 31.1 Å². The summed E-state index contributed by atoms with van der Waals surface area (Å²) in [4.78, 5) is 13.6. The van der Waals surface area contributed by atoms with Gasteiger partial charge in [-0.2, -0.15) is 0 Å². The molecule has 16 heavy (non-hydrogen) atoms. The van der Waals surface area contributed by atoms with E-state index in [1.165, 1.54) is 11.1 Å². The molecule has 0 saturated heterocycles. The van der Waals surface area contributed by atoms with Gasteiger partial charge in [-0.05, 0) is 24.0 Å². The Morgan fingerprint density at radius 3 is 2.88 bits per heavy atom. The summed E-state index contributed by atoms with van der Waals surface area (Å²) in [5.41, 5.74) is 2.64. The number of hydrogen-bond donors (Lipinski definition) is 0. The molecule has 3 heteroatoms. The molecule has 86 valence electrons. The van der Waals surface area contributed by atoms with E-state index in [0.29, 0.717) is 0 Å². The topological polar surface area (TPSA) is 29.5 Å². The molecule has 2 rings (SSSR count). The van der Waals surface area contributed by atoms with Gasteiger partial charge >= 0.3 is 0 Å². The smallest absolute Gasteiger partial charge is 0.248 e. The van der Waals surface area contributed by atoms with Crippen molar-refractivity contribution in [3.05, 3.63) is 35.4 Å². The number of fused-ring (bicyclic) bond motifs is 1. The molecular formula is C13H17NO2. The minimum absolute atomic E-state index is 0.0826. The van der Waals surface area contributed by atoms with Crippen molar-refractivity contribution >= 4 is 5.91 Å². The van der Waals surface area contributed by atoms with Crippen LogP contribution < -0.4 is 0 Å². The molecule has 1 aromatic carbocycles. The third-order valence-electron chi connectivity index (χ3n) is 2.97. The highest BCUT2D eigenvalue weighted by Gasteiger charge is 2.17. The first-order valence-electron chi connectivity index (χ1n) is 5.65. The summed E-state index contributed by atoms with van der Waals surface area (Å²) in [7, 11) is 1.56. The van der Waals surface area contributed by atoms with E-state index in [1.807, 2.05) is 11.0 Å². The molecule has 1 aliphatic rings. The van der Waals surface area contributed by atoms with Crippen LogP contribution in [0, 0.1) is 0 Å². The number of nitrogens with zero attached hydrogens (tertiary/aromatic N) is 1. The molecule has 1 aliphatic heterocycles. The van der Waals surface area contributed by atoms with E-state index < -0.39 is 0 Å². The van der Waals surface area contributed by atoms with Crippen molar-refractivity contribution in [2.24, 2.45) is 0 Å². The first kappa shape index (κ1) is 11.1. The second-order valence-corrected chi connectivity index (χ2v) is 4.12. The molecule has 0 spiro atoms. The molecule has 0 fully saturated rings. The first-order valence-corrected chi connectivity index (χ1v) is 5.65. The van der Waals surface area contributed by atoms with Gasteiger partial charge in [-0.1, -0.05) is 24.3 Å². The molecule has 0 unspecified atom stereocenters. The predicted octanol–water partition coefficient (Wildman–Crippen LogP) is 1.61. The molecule has 0 saturated carbocycles. The number of amides is 1. The van der Waals surface area contributed by atoms with Crippen LogP contribution in [0.15, 0.2) is 24.3 Å². The van der Waals surface area contributed by atoms with Gasteiger partial charge in [0.05, 0.1) is 0 Å². The standard InChI is InChI=1S/C13H17NO2/c1-16-10-13(15)14-8-4-7-11-5-2-3-6-12(11)9-14/h2-3,5-6H,4,7-10H2,1H3. The molecule has 1 heterocycles. The van der Waals surface area contributed by atoms with Gasteiger partial charge in [0.1, 0.15) is 6.61 Å². The summed E-state index contributed by atoms with van der Waals surface area (Å²) in [5, 5.41) is 0. The lowest BCUT2D eigenvalue weighted by Crippen LogP contribution is -2.33. The van der Waals surface area contributed by atoms with Gasteiger partial charge < -0.3 is 9.64 Å². The molecule has 3 nitrogen and oxygen atoms in total. The zero-order chi connectivity index (χ0) is 11.4. The van der Waals surface area contributed by atoms with E-state index >= 15 is 0 Å². The molecule has 0 N–H and O–H groups in total. The third-order valence-corrected chi connectivity index (χ3v) is 2.97. The van der Waals surface area contributed by atoms with Crippen LogP contribution in [0.5, 0.6) is 0 Å². The minimum atomic E-state index is 0.0826. The first-order chi connectivity index (χ1) is 7.81. The molecule has 1 aromatic rings. The lowest BCUT2D eigenvalue weighted by Gasteiger charge is -2.20. The zero-order valence-corrected chi connectivity index (χ0v) is 9.61. The number of ether oxygens (including phenoxy) is 1. The number of hydrogen-bond acceptors (Lipinski definition) is 2. The Morgan fingerprint density at radius 2 is 2.12 bits per heavy atom. The highest BCUT2D eigenvalue weighted by molar-refractivity contribution is 5.77. The summed E-state index contributed by atoms with van der Waals surface area (Å²) in [6.45, 7) is 1.73. The Balaban J connectivity index is 2.13. The van der Waals surface area contributed by atoms with Crippen LogP contribution >= 0.6 is 0 Å². The monoisotopic (exact) mass is 219 g/mol. The fourth-order valence-electron chi connectivity index (χ4n) is 2.13. The van der Waals surface area contributed by atoms with Gasteiger partial charge in [0.2, 0.25) is 5.91 Å². The fraction of sp³-hybridized carbons (Fsp3) is 0.462. The van der Waals surface area contributed by atoms with E-state index in [4.69, 9.17) is 4.74 Å². The van der Waals surface area contributed by atoms with Crippen LogP contribution in [-0.2, 0) is 22.5 Å². The van der Waals surface area contributed by atoms with Crippen molar-refractivity contribution in [3.8, 4) is 0 Å². The van der Waals surface area contributed by atoms with E-state index in [2.05, 4.69) is 18.2 Å². The summed E-state index contributed by atoms with van der Waals surface area (Å²) >= 11 is 0. The molecule has 1 amide bonds. The highest BCUT2D eigenvalue weighted by Crippen LogP contribution is 2.18. The van der Waals surface area contributed by atoms with Crippen molar-refractivity contribution in [1.29, 1.82) is 0 Å². The molecule has 0 bridgehead atoms. The Kier molecular flexibility index (Phi) is 3.57. The number of benzene rings is 1. The maximum atomic E-state index is 11.8. The summed E-state index contributed by atoms with van der Waals surface area (Å²) in [5.74, 6) is 0.0826. The molecule has 0 atom stereocenters. The third kappa shape index (κ3) is 2.42. The highest BCUT2D eigenvalue weighted by atomic mass is 16.5. The molecule has 0 aromatic heterocycles. The van der Waals surface area contributed by atoms with Gasteiger partial charge in [-0.3, -0.25) is 4.79 Å². The number of carbonyl (C=O) groups excluding carboxylic acids is 1. The van der Waals surface area contributed by atoms with Crippen molar-refractivity contribution in [2.75, 3.05) is 20.3 Å². The number of methoxy groups -OCH3 is 1. The minimum Gasteiger partial charge on any atom is -0.375 e. The van der Waals surface area contributed by atoms with Crippen molar-refractivity contribution in [1.82, 2.24) is 4.90 Å². The molecule has 0 radical (unpaired) electrons. The Morgan fingerprint density at radius 1 is 1.38 bits per heavy atom. The van der Waals surface area contributed by atoms with E-state index in [1.54, 1.807) is 7.11 Å². The summed E-state index contributed by atoms with van der Waals surface area (Å²) in [6.07, 6.45) is 2.10. The van der Waals surface area contributed by atoms with Crippen LogP contribution in [0.25, 0.3) is 0 Å². The van der Waals surface area contributed by atoms with E-state index in [9.17, 15) is 4.79 Å². The van der Waals surface area contributed by atoms with E-state index in [0.717, 1.165) is 25.9 Å². The van der Waals surface area contributed by atoms with Gasteiger partial charge in [0, 0.05) is 20.2 Å². The van der Waals surface area contributed by atoms with Gasteiger partial charge in [0.15, 0.2) is 0 Å². The summed E-state index contributed by atoms with van der Waals surface area (Å²) < 4.78 is 4.89.